The van der Waals surface area contributed by atoms with E-state index in [2.05, 4.69) is 20.1 Å². The Balaban J connectivity index is 1.09. The van der Waals surface area contributed by atoms with Crippen LogP contribution in [0.25, 0.3) is 22.3 Å². The molecule has 1 amide bonds. The number of H-pyrrole nitrogens is 1. The molecule has 0 spiro atoms. The first-order valence-corrected chi connectivity index (χ1v) is 16.2. The van der Waals surface area contributed by atoms with Crippen LogP contribution < -0.4 is 10.2 Å². The molecule has 4 heterocycles. The number of likely N-dealkylation sites (tertiary alicyclic amines) is 1. The molecule has 3 aromatic carbocycles. The number of nitrogens with one attached hydrogen (secondary N) is 2. The largest absolute Gasteiger partial charge is 0.508 e. The zero-order chi connectivity index (χ0) is 31.6. The van der Waals surface area contributed by atoms with Gasteiger partial charge in [0.15, 0.2) is 5.82 Å². The number of piperidine rings is 1. The number of para-hydroxylation sites is 1. The number of phenols is 1. The van der Waals surface area contributed by atoms with Gasteiger partial charge in [0.05, 0.1) is 24.1 Å². The first-order valence-electron chi connectivity index (χ1n) is 16.2. The number of benzene rings is 3. The third kappa shape index (κ3) is 6.46. The average molecular weight is 619 g/mol. The summed E-state index contributed by atoms with van der Waals surface area (Å²) in [5.41, 5.74) is 4.81. The molecule has 5 aromatic rings. The van der Waals surface area contributed by atoms with E-state index in [0.29, 0.717) is 17.1 Å². The van der Waals surface area contributed by atoms with E-state index in [0.717, 1.165) is 46.7 Å². The fourth-order valence-electron chi connectivity index (χ4n) is 6.93. The van der Waals surface area contributed by atoms with Gasteiger partial charge in [-0.1, -0.05) is 18.2 Å². The number of aryl methyl sites for hydroxylation is 1. The van der Waals surface area contributed by atoms with Gasteiger partial charge in [-0.05, 0) is 111 Å². The summed E-state index contributed by atoms with van der Waals surface area (Å²) in [5.74, 6) is 0.311. The third-order valence-electron chi connectivity index (χ3n) is 9.37. The number of aromatic hydroxyl groups is 1. The quantitative estimate of drug-likeness (QED) is 0.181. The van der Waals surface area contributed by atoms with E-state index >= 15 is 0 Å². The molecular formula is C37H39FN6O2. The van der Waals surface area contributed by atoms with Crippen molar-refractivity contribution < 1.29 is 14.3 Å². The van der Waals surface area contributed by atoms with Gasteiger partial charge in [0.1, 0.15) is 11.6 Å². The lowest BCUT2D eigenvalue weighted by Crippen LogP contribution is -2.38. The molecule has 0 bridgehead atoms. The van der Waals surface area contributed by atoms with Crippen LogP contribution in [0.2, 0.25) is 0 Å². The highest BCUT2D eigenvalue weighted by atomic mass is 19.1. The number of phenolic OH excluding ortho intramolecular Hbond substituents is 1. The number of hydrogen-bond donors (Lipinski definition) is 3. The monoisotopic (exact) mass is 618 g/mol. The molecule has 236 valence electrons. The summed E-state index contributed by atoms with van der Waals surface area (Å²) >= 11 is 0. The van der Waals surface area contributed by atoms with Gasteiger partial charge in [-0.3, -0.25) is 4.79 Å². The van der Waals surface area contributed by atoms with Crippen LogP contribution in [0.5, 0.6) is 5.75 Å². The smallest absolute Gasteiger partial charge is 0.252 e. The zero-order valence-corrected chi connectivity index (χ0v) is 26.0. The van der Waals surface area contributed by atoms with Gasteiger partial charge < -0.3 is 25.2 Å². The number of aromatic nitrogens is 3. The third-order valence-corrected chi connectivity index (χ3v) is 9.37. The molecule has 0 radical (unpaired) electrons. The summed E-state index contributed by atoms with van der Waals surface area (Å²) in [6.07, 6.45) is 8.79. The van der Waals surface area contributed by atoms with Crippen molar-refractivity contribution in [3.63, 3.8) is 0 Å². The summed E-state index contributed by atoms with van der Waals surface area (Å²) in [7, 11) is 0. The summed E-state index contributed by atoms with van der Waals surface area (Å²) in [5, 5.41) is 14.7. The highest BCUT2D eigenvalue weighted by Gasteiger charge is 2.25. The van der Waals surface area contributed by atoms with Gasteiger partial charge in [0.25, 0.3) is 5.91 Å². The fourth-order valence-corrected chi connectivity index (χ4v) is 6.93. The van der Waals surface area contributed by atoms with E-state index < -0.39 is 11.9 Å². The molecule has 7 rings (SSSR count). The minimum absolute atomic E-state index is 0.111. The molecule has 1 atom stereocenters. The molecule has 8 nitrogen and oxygen atoms in total. The maximum absolute atomic E-state index is 14.4. The van der Waals surface area contributed by atoms with Crippen LogP contribution in [-0.4, -0.2) is 63.6 Å². The van der Waals surface area contributed by atoms with Crippen LogP contribution in [0.15, 0.2) is 79.1 Å². The van der Waals surface area contributed by atoms with Crippen LogP contribution in [0.4, 0.5) is 10.1 Å². The molecular weight excluding hydrogens is 579 g/mol. The van der Waals surface area contributed by atoms with Gasteiger partial charge in [-0.25, -0.2) is 14.4 Å². The zero-order valence-electron chi connectivity index (χ0n) is 26.0. The number of aromatic amines is 1. The normalized spacial score (nSPS) is 16.6. The molecule has 1 unspecified atom stereocenters. The highest BCUT2D eigenvalue weighted by Crippen LogP contribution is 2.32. The van der Waals surface area contributed by atoms with Crippen LogP contribution in [0.3, 0.4) is 0 Å². The first-order chi connectivity index (χ1) is 22.4. The summed E-state index contributed by atoms with van der Waals surface area (Å²) in [6, 6.07) is 18.1. The second kappa shape index (κ2) is 12.9. The minimum Gasteiger partial charge on any atom is -0.508 e. The Morgan fingerprint density at radius 1 is 1.00 bits per heavy atom. The Hall–Kier alpha value is -4.76. The molecule has 0 aliphatic carbocycles. The molecule has 9 heteroatoms. The van der Waals surface area contributed by atoms with Crippen molar-refractivity contribution in [3.8, 4) is 17.1 Å². The topological polar surface area (TPSA) is 97.4 Å². The molecule has 46 heavy (non-hydrogen) atoms. The number of halogens is 1. The standard InChI is InChI=1S/C37H39FN6O2/c1-24-16-27(36-39-21-30(22-40-36)44-14-10-25(11-15-44)23-43-12-4-5-13-43)18-28(17-24)37(46)42-35(31-20-29(38)8-9-34(31)45)33-19-26-6-2-3-7-32(26)41-33/h2-3,6-9,16-22,25,35,41,45H,4-5,10-15,23H2,1H3,(H,42,46). The Morgan fingerprint density at radius 3 is 2.52 bits per heavy atom. The molecule has 0 saturated carbocycles. The summed E-state index contributed by atoms with van der Waals surface area (Å²) in [4.78, 5) is 31.5. The van der Waals surface area contributed by atoms with Crippen molar-refractivity contribution in [3.05, 3.63) is 107 Å². The second-order valence-corrected chi connectivity index (χ2v) is 12.7. The van der Waals surface area contributed by atoms with E-state index in [-0.39, 0.29) is 17.2 Å². The predicted octanol–water partition coefficient (Wildman–Crippen LogP) is 6.61. The maximum Gasteiger partial charge on any atom is 0.252 e. The average Bonchev–Trinajstić information content (AvgIpc) is 3.75. The van der Waals surface area contributed by atoms with Crippen molar-refractivity contribution in [2.75, 3.05) is 37.6 Å². The van der Waals surface area contributed by atoms with Crippen molar-refractivity contribution >= 4 is 22.5 Å². The summed E-state index contributed by atoms with van der Waals surface area (Å²) in [6.45, 7) is 7.66. The van der Waals surface area contributed by atoms with Gasteiger partial charge in [-0.2, -0.15) is 0 Å². The number of amides is 1. The van der Waals surface area contributed by atoms with Crippen molar-refractivity contribution in [2.24, 2.45) is 5.92 Å². The molecule has 2 aliphatic heterocycles. The number of carbonyl (C=O) groups excluding carboxylic acids is 1. The van der Waals surface area contributed by atoms with Crippen LogP contribution in [0.1, 0.15) is 58.9 Å². The Morgan fingerprint density at radius 2 is 1.76 bits per heavy atom. The number of carbonyl (C=O) groups is 1. The van der Waals surface area contributed by atoms with Gasteiger partial charge in [0.2, 0.25) is 0 Å². The predicted molar refractivity (Wildman–Crippen MR) is 178 cm³/mol. The van der Waals surface area contributed by atoms with E-state index in [1.807, 2.05) is 55.7 Å². The molecule has 3 N–H and O–H groups in total. The SMILES string of the molecule is Cc1cc(C(=O)NC(c2cc3ccccc3[nH]2)c2cc(F)ccc2O)cc(-c2ncc(N3CCC(CN4CCCC4)CC3)cn2)c1. The summed E-state index contributed by atoms with van der Waals surface area (Å²) < 4.78 is 14.4. The van der Waals surface area contributed by atoms with E-state index in [1.54, 1.807) is 12.1 Å². The fraction of sp³-hybridized carbons (Fsp3) is 0.324. The molecule has 2 aliphatic rings. The number of nitrogens with zero attached hydrogens (tertiary/aromatic N) is 4. The number of rotatable bonds is 8. The van der Waals surface area contributed by atoms with E-state index in [1.165, 1.54) is 63.5 Å². The second-order valence-electron chi connectivity index (χ2n) is 12.7. The highest BCUT2D eigenvalue weighted by molar-refractivity contribution is 5.96. The Bertz CT molecular complexity index is 1810. The van der Waals surface area contributed by atoms with Crippen molar-refractivity contribution in [2.45, 2.75) is 38.6 Å². The number of fused-ring (bicyclic) bond motifs is 1. The molecule has 2 saturated heterocycles. The lowest BCUT2D eigenvalue weighted by molar-refractivity contribution is 0.0942. The first kappa shape index (κ1) is 29.9. The number of anilines is 1. The van der Waals surface area contributed by atoms with Gasteiger partial charge in [0, 0.05) is 47.5 Å². The van der Waals surface area contributed by atoms with Crippen LogP contribution in [-0.2, 0) is 0 Å². The number of hydrogen-bond acceptors (Lipinski definition) is 6. The van der Waals surface area contributed by atoms with Crippen molar-refractivity contribution in [1.82, 2.24) is 25.2 Å². The van der Waals surface area contributed by atoms with Gasteiger partial charge in [-0.15, -0.1) is 0 Å². The van der Waals surface area contributed by atoms with Gasteiger partial charge >= 0.3 is 0 Å². The lowest BCUT2D eigenvalue weighted by atomic mass is 9.96. The van der Waals surface area contributed by atoms with Crippen LogP contribution in [0, 0.1) is 18.7 Å². The van der Waals surface area contributed by atoms with Crippen molar-refractivity contribution in [1.29, 1.82) is 0 Å². The van der Waals surface area contributed by atoms with E-state index in [4.69, 9.17) is 9.97 Å². The minimum atomic E-state index is -0.824. The van der Waals surface area contributed by atoms with Crippen LogP contribution >= 0.6 is 0 Å². The lowest BCUT2D eigenvalue weighted by Gasteiger charge is -2.34. The Labute approximate surface area is 268 Å². The molecule has 2 aromatic heterocycles. The maximum atomic E-state index is 14.4. The van der Waals surface area contributed by atoms with E-state index in [9.17, 15) is 14.3 Å². The molecule has 2 fully saturated rings. The Kier molecular flexibility index (Phi) is 8.41.